The van der Waals surface area contributed by atoms with Gasteiger partial charge in [0.25, 0.3) is 0 Å². The van der Waals surface area contributed by atoms with E-state index >= 15 is 0 Å². The maximum absolute atomic E-state index is 4.77. The molecule has 25 heavy (non-hydrogen) atoms. The van der Waals surface area contributed by atoms with Gasteiger partial charge in [-0.15, -0.1) is 0 Å². The summed E-state index contributed by atoms with van der Waals surface area (Å²) < 4.78 is 2.08. The molecule has 5 nitrogen and oxygen atoms in total. The Hall–Kier alpha value is -3.60. The Bertz CT molecular complexity index is 1130. The van der Waals surface area contributed by atoms with Gasteiger partial charge in [-0.2, -0.15) is 0 Å². The van der Waals surface area contributed by atoms with E-state index in [2.05, 4.69) is 37.7 Å². The van der Waals surface area contributed by atoms with E-state index in [-0.39, 0.29) is 0 Å². The molecule has 3 heterocycles. The summed E-state index contributed by atoms with van der Waals surface area (Å²) in [5.74, 6) is 1.68. The highest BCUT2D eigenvalue weighted by molar-refractivity contribution is 5.85. The molecule has 0 saturated carbocycles. The molecule has 0 amide bonds. The lowest BCUT2D eigenvalue weighted by Crippen LogP contribution is -1.88. The summed E-state index contributed by atoms with van der Waals surface area (Å²) in [6, 6.07) is 18.4. The van der Waals surface area contributed by atoms with Gasteiger partial charge in [-0.3, -0.25) is 0 Å². The average molecular weight is 325 g/mol. The fraction of sp³-hybridized carbons (Fsp3) is 0. The number of hydrogen-bond donors (Lipinski definition) is 2. The van der Waals surface area contributed by atoms with Crippen molar-refractivity contribution in [3.8, 4) is 28.5 Å². The molecular weight excluding hydrogens is 310 g/mol. The first kappa shape index (κ1) is 13.8. The van der Waals surface area contributed by atoms with Gasteiger partial charge < -0.3 is 14.5 Å². The molecular formula is C20H15N5. The third-order valence-corrected chi connectivity index (χ3v) is 4.30. The monoisotopic (exact) mass is 325 g/mol. The topological polar surface area (TPSA) is 62.3 Å². The predicted molar refractivity (Wildman–Crippen MR) is 98.4 cm³/mol. The Morgan fingerprint density at radius 1 is 0.840 bits per heavy atom. The van der Waals surface area contributed by atoms with Crippen molar-refractivity contribution in [3.05, 3.63) is 79.4 Å². The second-order valence-electron chi connectivity index (χ2n) is 5.86. The molecule has 0 fully saturated rings. The predicted octanol–water partition coefficient (Wildman–Crippen LogP) is 4.41. The zero-order valence-electron chi connectivity index (χ0n) is 13.3. The minimum Gasteiger partial charge on any atom is -0.345 e. The molecule has 0 aliphatic rings. The van der Waals surface area contributed by atoms with Crippen LogP contribution < -0.4 is 0 Å². The van der Waals surface area contributed by atoms with Crippen LogP contribution in [0.5, 0.6) is 0 Å². The van der Waals surface area contributed by atoms with Gasteiger partial charge in [0.2, 0.25) is 0 Å². The molecule has 0 aliphatic carbocycles. The summed E-state index contributed by atoms with van der Waals surface area (Å²) in [6.45, 7) is 0. The summed E-state index contributed by atoms with van der Waals surface area (Å²) in [7, 11) is 0. The van der Waals surface area contributed by atoms with Crippen LogP contribution in [0, 0.1) is 0 Å². The number of imidazole rings is 2. The van der Waals surface area contributed by atoms with Gasteiger partial charge in [0, 0.05) is 41.6 Å². The molecule has 0 radical (unpaired) electrons. The van der Waals surface area contributed by atoms with E-state index in [4.69, 9.17) is 4.98 Å². The van der Waals surface area contributed by atoms with Crippen LogP contribution in [0.2, 0.25) is 0 Å². The largest absolute Gasteiger partial charge is 0.345 e. The van der Waals surface area contributed by atoms with Crippen molar-refractivity contribution in [2.45, 2.75) is 0 Å². The SMILES string of the molecule is c1ccc(-c2nc3ccc(-n4cccc4)cc3[nH]2)c(-c2ncc[nH]2)c1. The Morgan fingerprint density at radius 2 is 1.64 bits per heavy atom. The van der Waals surface area contributed by atoms with Crippen LogP contribution in [-0.4, -0.2) is 24.5 Å². The number of aromatic amines is 2. The lowest BCUT2D eigenvalue weighted by Gasteiger charge is -2.04. The molecule has 0 spiro atoms. The molecule has 120 valence electrons. The standard InChI is InChI=1S/C20H15N5/c1-2-6-16(15(5-1)19-21-9-10-22-19)20-23-17-8-7-14(13-18(17)24-20)25-11-3-4-12-25/h1-13H,(H,21,22)(H,23,24). The van der Waals surface area contributed by atoms with Crippen molar-refractivity contribution in [1.29, 1.82) is 0 Å². The fourth-order valence-corrected chi connectivity index (χ4v) is 3.10. The maximum Gasteiger partial charge on any atom is 0.139 e. The fourth-order valence-electron chi connectivity index (χ4n) is 3.10. The Labute approximate surface area is 144 Å². The van der Waals surface area contributed by atoms with Crippen molar-refractivity contribution in [1.82, 2.24) is 24.5 Å². The zero-order valence-corrected chi connectivity index (χ0v) is 13.3. The minimum absolute atomic E-state index is 0.837. The number of aromatic nitrogens is 5. The number of nitrogens with one attached hydrogen (secondary N) is 2. The van der Waals surface area contributed by atoms with Crippen LogP contribution in [0.4, 0.5) is 0 Å². The van der Waals surface area contributed by atoms with Crippen molar-refractivity contribution in [3.63, 3.8) is 0 Å². The van der Waals surface area contributed by atoms with Crippen molar-refractivity contribution >= 4 is 11.0 Å². The highest BCUT2D eigenvalue weighted by Gasteiger charge is 2.12. The molecule has 3 aromatic heterocycles. The third kappa shape index (κ3) is 2.33. The van der Waals surface area contributed by atoms with Crippen molar-refractivity contribution in [2.24, 2.45) is 0 Å². The molecule has 0 saturated heterocycles. The van der Waals surface area contributed by atoms with Gasteiger partial charge in [0.05, 0.1) is 11.0 Å². The summed E-state index contributed by atoms with van der Waals surface area (Å²) in [5.41, 5.74) is 5.11. The Morgan fingerprint density at radius 3 is 2.40 bits per heavy atom. The zero-order chi connectivity index (χ0) is 16.6. The van der Waals surface area contributed by atoms with E-state index < -0.39 is 0 Å². The van der Waals surface area contributed by atoms with Gasteiger partial charge in [-0.1, -0.05) is 24.3 Å². The number of rotatable bonds is 3. The molecule has 0 bridgehead atoms. The number of hydrogen-bond acceptors (Lipinski definition) is 2. The first-order chi connectivity index (χ1) is 12.4. The van der Waals surface area contributed by atoms with Gasteiger partial charge in [0.15, 0.2) is 0 Å². The van der Waals surface area contributed by atoms with E-state index in [1.807, 2.05) is 55.0 Å². The van der Waals surface area contributed by atoms with Crippen LogP contribution in [0.1, 0.15) is 0 Å². The van der Waals surface area contributed by atoms with Crippen molar-refractivity contribution in [2.75, 3.05) is 0 Å². The quantitative estimate of drug-likeness (QED) is 0.516. The summed E-state index contributed by atoms with van der Waals surface area (Å²) >= 11 is 0. The highest BCUT2D eigenvalue weighted by atomic mass is 15.0. The second-order valence-corrected chi connectivity index (χ2v) is 5.86. The van der Waals surface area contributed by atoms with E-state index in [1.165, 1.54) is 0 Å². The van der Waals surface area contributed by atoms with E-state index in [1.54, 1.807) is 6.20 Å². The normalized spacial score (nSPS) is 11.2. The van der Waals surface area contributed by atoms with Gasteiger partial charge in [0.1, 0.15) is 11.6 Å². The van der Waals surface area contributed by atoms with Crippen LogP contribution in [0.25, 0.3) is 39.5 Å². The molecule has 0 unspecified atom stereocenters. The maximum atomic E-state index is 4.77. The first-order valence-electron chi connectivity index (χ1n) is 8.11. The van der Waals surface area contributed by atoms with Gasteiger partial charge >= 0.3 is 0 Å². The molecule has 0 aliphatic heterocycles. The molecule has 2 aromatic carbocycles. The molecule has 0 atom stereocenters. The third-order valence-electron chi connectivity index (χ3n) is 4.30. The number of benzene rings is 2. The minimum atomic E-state index is 0.837. The Kier molecular flexibility index (Phi) is 3.03. The van der Waals surface area contributed by atoms with Crippen LogP contribution >= 0.6 is 0 Å². The van der Waals surface area contributed by atoms with Gasteiger partial charge in [-0.05, 0) is 30.3 Å². The molecule has 5 rings (SSSR count). The van der Waals surface area contributed by atoms with E-state index in [0.717, 1.165) is 39.5 Å². The Balaban J connectivity index is 1.65. The summed E-state index contributed by atoms with van der Waals surface area (Å²) in [5, 5.41) is 0. The number of nitrogens with zero attached hydrogens (tertiary/aromatic N) is 3. The smallest absolute Gasteiger partial charge is 0.139 e. The number of H-pyrrole nitrogens is 2. The second kappa shape index (κ2) is 5.49. The highest BCUT2D eigenvalue weighted by Crippen LogP contribution is 2.30. The average Bonchev–Trinajstić information content (AvgIpc) is 3.42. The summed E-state index contributed by atoms with van der Waals surface area (Å²) in [6.07, 6.45) is 7.65. The molecule has 5 aromatic rings. The van der Waals surface area contributed by atoms with E-state index in [9.17, 15) is 0 Å². The van der Waals surface area contributed by atoms with E-state index in [0.29, 0.717) is 0 Å². The molecule has 2 N–H and O–H groups in total. The van der Waals surface area contributed by atoms with Crippen LogP contribution in [-0.2, 0) is 0 Å². The summed E-state index contributed by atoms with van der Waals surface area (Å²) in [4.78, 5) is 15.8. The lowest BCUT2D eigenvalue weighted by molar-refractivity contribution is 1.08. The van der Waals surface area contributed by atoms with Crippen molar-refractivity contribution < 1.29 is 0 Å². The first-order valence-corrected chi connectivity index (χ1v) is 8.11. The van der Waals surface area contributed by atoms with Gasteiger partial charge in [-0.25, -0.2) is 9.97 Å². The van der Waals surface area contributed by atoms with Crippen LogP contribution in [0.15, 0.2) is 79.4 Å². The van der Waals surface area contributed by atoms with Crippen LogP contribution in [0.3, 0.4) is 0 Å². The lowest BCUT2D eigenvalue weighted by atomic mass is 10.1. The molecule has 5 heteroatoms. The number of fused-ring (bicyclic) bond motifs is 1.